The van der Waals surface area contributed by atoms with Crippen molar-refractivity contribution < 1.29 is 14.7 Å². The molecule has 0 radical (unpaired) electrons. The SMILES string of the molecule is CCC(CC)(CNC(=O)c1cc(Cl)c(Cl)[nH]1)C(=O)O. The molecule has 5 nitrogen and oxygen atoms in total. The molecule has 1 rings (SSSR count). The molecule has 0 fully saturated rings. The molecule has 19 heavy (non-hydrogen) atoms. The number of carboxylic acid groups (broad SMARTS) is 1. The summed E-state index contributed by atoms with van der Waals surface area (Å²) >= 11 is 11.4. The number of H-pyrrole nitrogens is 1. The molecule has 3 N–H and O–H groups in total. The number of aromatic amines is 1. The molecule has 0 spiro atoms. The Bertz CT molecular complexity index is 462. The number of carboxylic acids is 1. The maximum atomic E-state index is 11.9. The molecule has 0 unspecified atom stereocenters. The summed E-state index contributed by atoms with van der Waals surface area (Å²) in [5.74, 6) is -1.35. The number of aromatic nitrogens is 1. The molecule has 106 valence electrons. The normalized spacial score (nSPS) is 11.4. The molecule has 0 aliphatic heterocycles. The van der Waals surface area contributed by atoms with Crippen molar-refractivity contribution in [3.63, 3.8) is 0 Å². The van der Waals surface area contributed by atoms with Gasteiger partial charge in [-0.3, -0.25) is 9.59 Å². The third kappa shape index (κ3) is 3.42. The van der Waals surface area contributed by atoms with Gasteiger partial charge >= 0.3 is 5.97 Å². The van der Waals surface area contributed by atoms with Crippen LogP contribution in [0.15, 0.2) is 6.07 Å². The Morgan fingerprint density at radius 2 is 1.95 bits per heavy atom. The first-order valence-corrected chi connectivity index (χ1v) is 6.67. The molecule has 1 amide bonds. The molecule has 1 aromatic heterocycles. The van der Waals surface area contributed by atoms with Crippen molar-refractivity contribution in [2.75, 3.05) is 6.54 Å². The van der Waals surface area contributed by atoms with Crippen LogP contribution in [0, 0.1) is 5.41 Å². The van der Waals surface area contributed by atoms with Gasteiger partial charge < -0.3 is 15.4 Å². The molecule has 0 saturated carbocycles. The van der Waals surface area contributed by atoms with Gasteiger partial charge in [0.1, 0.15) is 10.8 Å². The van der Waals surface area contributed by atoms with Crippen LogP contribution in [0.25, 0.3) is 0 Å². The summed E-state index contributed by atoms with van der Waals surface area (Å²) in [5.41, 5.74) is -0.739. The summed E-state index contributed by atoms with van der Waals surface area (Å²) < 4.78 is 0. The zero-order valence-corrected chi connectivity index (χ0v) is 12.2. The summed E-state index contributed by atoms with van der Waals surface area (Å²) in [6, 6.07) is 1.40. The second-order valence-electron chi connectivity index (χ2n) is 4.32. The van der Waals surface area contributed by atoms with Crippen molar-refractivity contribution >= 4 is 35.1 Å². The van der Waals surface area contributed by atoms with Crippen LogP contribution in [-0.2, 0) is 4.79 Å². The minimum Gasteiger partial charge on any atom is -0.481 e. The molecular formula is C12H16Cl2N2O3. The lowest BCUT2D eigenvalue weighted by molar-refractivity contribution is -0.149. The molecule has 0 saturated heterocycles. The van der Waals surface area contributed by atoms with Crippen LogP contribution in [-0.4, -0.2) is 28.5 Å². The van der Waals surface area contributed by atoms with E-state index in [-0.39, 0.29) is 22.4 Å². The maximum absolute atomic E-state index is 11.9. The highest BCUT2D eigenvalue weighted by atomic mass is 35.5. The largest absolute Gasteiger partial charge is 0.481 e. The van der Waals surface area contributed by atoms with E-state index in [4.69, 9.17) is 23.2 Å². The number of carbonyl (C=O) groups is 2. The second kappa shape index (κ2) is 6.30. The first kappa shape index (κ1) is 15.9. The highest BCUT2D eigenvalue weighted by molar-refractivity contribution is 6.41. The minimum absolute atomic E-state index is 0.0580. The molecule has 1 aromatic rings. The number of rotatable bonds is 6. The van der Waals surface area contributed by atoms with Crippen molar-refractivity contribution in [1.82, 2.24) is 10.3 Å². The van der Waals surface area contributed by atoms with Crippen LogP contribution in [0.1, 0.15) is 37.2 Å². The van der Waals surface area contributed by atoms with Gasteiger partial charge in [0.15, 0.2) is 0 Å². The number of aliphatic carboxylic acids is 1. The Morgan fingerprint density at radius 1 is 1.37 bits per heavy atom. The number of carbonyl (C=O) groups excluding carboxylic acids is 1. The fourth-order valence-corrected chi connectivity index (χ4v) is 2.06. The van der Waals surface area contributed by atoms with E-state index in [1.165, 1.54) is 6.07 Å². The summed E-state index contributed by atoms with van der Waals surface area (Å²) in [5, 5.41) is 12.3. The van der Waals surface area contributed by atoms with E-state index in [9.17, 15) is 14.7 Å². The van der Waals surface area contributed by atoms with E-state index in [0.717, 1.165) is 0 Å². The summed E-state index contributed by atoms with van der Waals surface area (Å²) in [6.45, 7) is 3.63. The molecule has 0 aromatic carbocycles. The molecule has 0 bridgehead atoms. The lowest BCUT2D eigenvalue weighted by Crippen LogP contribution is -2.42. The zero-order chi connectivity index (χ0) is 14.6. The van der Waals surface area contributed by atoms with Crippen molar-refractivity contribution in [1.29, 1.82) is 0 Å². The lowest BCUT2D eigenvalue weighted by atomic mass is 9.82. The van der Waals surface area contributed by atoms with Gasteiger partial charge in [-0.25, -0.2) is 0 Å². The number of halogens is 2. The Kier molecular flexibility index (Phi) is 5.26. The molecule has 7 heteroatoms. The van der Waals surface area contributed by atoms with Crippen LogP contribution in [0.5, 0.6) is 0 Å². The Hall–Kier alpha value is -1.20. The number of amides is 1. The Labute approximate surface area is 121 Å². The van der Waals surface area contributed by atoms with Crippen molar-refractivity contribution in [3.05, 3.63) is 21.9 Å². The standard InChI is InChI=1S/C12H16Cl2N2O3/c1-3-12(4-2,11(18)19)6-15-10(17)8-5-7(13)9(14)16-8/h5,16H,3-4,6H2,1-2H3,(H,15,17)(H,18,19). The van der Waals surface area contributed by atoms with Crippen LogP contribution < -0.4 is 5.32 Å². The fraction of sp³-hybridized carbons (Fsp3) is 0.500. The predicted molar refractivity (Wildman–Crippen MR) is 73.8 cm³/mol. The molecule has 0 aliphatic carbocycles. The van der Waals surface area contributed by atoms with Gasteiger partial charge in [0, 0.05) is 6.54 Å². The van der Waals surface area contributed by atoms with E-state index in [0.29, 0.717) is 12.8 Å². The number of hydrogen-bond acceptors (Lipinski definition) is 2. The van der Waals surface area contributed by atoms with Crippen LogP contribution in [0.2, 0.25) is 10.2 Å². The molecule has 1 heterocycles. The fourth-order valence-electron chi connectivity index (χ4n) is 1.75. The van der Waals surface area contributed by atoms with Crippen molar-refractivity contribution in [2.24, 2.45) is 5.41 Å². The van der Waals surface area contributed by atoms with E-state index >= 15 is 0 Å². The van der Waals surface area contributed by atoms with E-state index < -0.39 is 17.3 Å². The zero-order valence-electron chi connectivity index (χ0n) is 10.7. The average Bonchev–Trinajstić information content (AvgIpc) is 2.71. The van der Waals surface area contributed by atoms with Gasteiger partial charge in [-0.2, -0.15) is 0 Å². The predicted octanol–water partition coefficient (Wildman–Crippen LogP) is 2.94. The third-order valence-corrected chi connectivity index (χ3v) is 4.06. The lowest BCUT2D eigenvalue weighted by Gasteiger charge is -2.26. The molecule has 0 atom stereocenters. The number of hydrogen-bond donors (Lipinski definition) is 3. The van der Waals surface area contributed by atoms with E-state index in [1.807, 2.05) is 0 Å². The molecule has 0 aliphatic rings. The quantitative estimate of drug-likeness (QED) is 0.755. The van der Waals surface area contributed by atoms with Gasteiger partial charge in [-0.1, -0.05) is 37.0 Å². The Balaban J connectivity index is 2.75. The maximum Gasteiger partial charge on any atom is 0.311 e. The minimum atomic E-state index is -0.949. The summed E-state index contributed by atoms with van der Waals surface area (Å²) in [6.07, 6.45) is 0.872. The first-order chi connectivity index (χ1) is 8.86. The van der Waals surface area contributed by atoms with Gasteiger partial charge in [-0.05, 0) is 18.9 Å². The average molecular weight is 307 g/mol. The highest BCUT2D eigenvalue weighted by Gasteiger charge is 2.35. The molecular weight excluding hydrogens is 291 g/mol. The van der Waals surface area contributed by atoms with Gasteiger partial charge in [0.05, 0.1) is 10.4 Å². The van der Waals surface area contributed by atoms with Crippen molar-refractivity contribution in [3.8, 4) is 0 Å². The summed E-state index contributed by atoms with van der Waals surface area (Å²) in [7, 11) is 0. The van der Waals surface area contributed by atoms with Crippen molar-refractivity contribution in [2.45, 2.75) is 26.7 Å². The smallest absolute Gasteiger partial charge is 0.311 e. The third-order valence-electron chi connectivity index (χ3n) is 3.36. The van der Waals surface area contributed by atoms with Gasteiger partial charge in [0.2, 0.25) is 0 Å². The second-order valence-corrected chi connectivity index (χ2v) is 5.11. The van der Waals surface area contributed by atoms with Crippen LogP contribution >= 0.6 is 23.2 Å². The highest BCUT2D eigenvalue weighted by Crippen LogP contribution is 2.26. The summed E-state index contributed by atoms with van der Waals surface area (Å²) in [4.78, 5) is 25.8. The first-order valence-electron chi connectivity index (χ1n) is 5.92. The van der Waals surface area contributed by atoms with E-state index in [2.05, 4.69) is 10.3 Å². The van der Waals surface area contributed by atoms with Crippen LogP contribution in [0.4, 0.5) is 0 Å². The number of nitrogens with one attached hydrogen (secondary N) is 2. The topological polar surface area (TPSA) is 82.2 Å². The van der Waals surface area contributed by atoms with Gasteiger partial charge in [-0.15, -0.1) is 0 Å². The monoisotopic (exact) mass is 306 g/mol. The van der Waals surface area contributed by atoms with Crippen LogP contribution in [0.3, 0.4) is 0 Å². The Morgan fingerprint density at radius 3 is 2.32 bits per heavy atom. The van der Waals surface area contributed by atoms with Gasteiger partial charge in [0.25, 0.3) is 5.91 Å². The van der Waals surface area contributed by atoms with E-state index in [1.54, 1.807) is 13.8 Å².